The van der Waals surface area contributed by atoms with E-state index in [0.717, 1.165) is 18.9 Å². The van der Waals surface area contributed by atoms with Crippen molar-refractivity contribution in [3.8, 4) is 0 Å². The molecule has 0 saturated carbocycles. The number of carbonyl (C=O) groups is 1. The molecule has 0 spiro atoms. The summed E-state index contributed by atoms with van der Waals surface area (Å²) < 4.78 is 0. The van der Waals surface area contributed by atoms with Crippen molar-refractivity contribution >= 4 is 34.8 Å². The first kappa shape index (κ1) is 21.3. The Hall–Kier alpha value is -2.05. The molecule has 0 bridgehead atoms. The second kappa shape index (κ2) is 10.9. The van der Waals surface area contributed by atoms with Gasteiger partial charge in [0.25, 0.3) is 5.91 Å². The zero-order chi connectivity index (χ0) is 19.6. The summed E-state index contributed by atoms with van der Waals surface area (Å²) in [5.74, 6) is 0.570. The Morgan fingerprint density at radius 2 is 2.00 bits per heavy atom. The molecule has 7 heteroatoms. The lowest BCUT2D eigenvalue weighted by Crippen LogP contribution is -2.43. The van der Waals surface area contributed by atoms with Gasteiger partial charge in [-0.15, -0.1) is 11.3 Å². The third-order valence-electron chi connectivity index (χ3n) is 3.82. The zero-order valence-corrected chi connectivity index (χ0v) is 17.6. The van der Waals surface area contributed by atoms with Crippen LogP contribution in [0.3, 0.4) is 0 Å². The van der Waals surface area contributed by atoms with Gasteiger partial charge in [0.1, 0.15) is 0 Å². The normalized spacial score (nSPS) is 12.5. The van der Waals surface area contributed by atoms with Gasteiger partial charge in [-0.25, -0.2) is 0 Å². The molecular weight excluding hydrogens is 380 g/mol. The lowest BCUT2D eigenvalue weighted by atomic mass is 10.2. The van der Waals surface area contributed by atoms with Crippen LogP contribution < -0.4 is 16.0 Å². The van der Waals surface area contributed by atoms with Crippen molar-refractivity contribution in [2.45, 2.75) is 33.2 Å². The van der Waals surface area contributed by atoms with Gasteiger partial charge >= 0.3 is 0 Å². The zero-order valence-electron chi connectivity index (χ0n) is 16.0. The van der Waals surface area contributed by atoms with E-state index in [-0.39, 0.29) is 11.9 Å². The van der Waals surface area contributed by atoms with Crippen LogP contribution in [-0.4, -0.2) is 37.5 Å². The first-order valence-electron chi connectivity index (χ1n) is 9.12. The number of benzene rings is 1. The number of guanidine groups is 1. The lowest BCUT2D eigenvalue weighted by Gasteiger charge is -2.17. The van der Waals surface area contributed by atoms with Crippen molar-refractivity contribution < 1.29 is 4.79 Å². The molecule has 146 valence electrons. The quantitative estimate of drug-likeness (QED) is 0.356. The standard InChI is InChI=1S/C20H27ClN4OS/c1-4-22-20(25-14(2)13-16-10-9-15(3)27-16)24-12-11-23-19(26)17-7-5-6-8-18(17)21/h5-10,14H,4,11-13H2,1-3H3,(H,23,26)(H2,22,24,25). The molecule has 0 radical (unpaired) electrons. The van der Waals surface area contributed by atoms with Crippen LogP contribution in [0.15, 0.2) is 41.4 Å². The Kier molecular flexibility index (Phi) is 8.61. The highest BCUT2D eigenvalue weighted by Crippen LogP contribution is 2.16. The Morgan fingerprint density at radius 1 is 1.22 bits per heavy atom. The van der Waals surface area contributed by atoms with Crippen LogP contribution >= 0.6 is 22.9 Å². The van der Waals surface area contributed by atoms with Crippen LogP contribution in [0.2, 0.25) is 5.02 Å². The van der Waals surface area contributed by atoms with Crippen molar-refractivity contribution in [1.29, 1.82) is 0 Å². The van der Waals surface area contributed by atoms with Crippen LogP contribution in [0.1, 0.15) is 34.0 Å². The fourth-order valence-electron chi connectivity index (χ4n) is 2.58. The summed E-state index contributed by atoms with van der Waals surface area (Å²) >= 11 is 7.86. The molecule has 1 atom stereocenters. The van der Waals surface area contributed by atoms with Gasteiger partial charge in [0.05, 0.1) is 17.1 Å². The van der Waals surface area contributed by atoms with Crippen molar-refractivity contribution in [3.63, 3.8) is 0 Å². The number of aliphatic imine (C=N–C) groups is 1. The Balaban J connectivity index is 1.82. The summed E-state index contributed by atoms with van der Waals surface area (Å²) in [4.78, 5) is 19.4. The maximum absolute atomic E-state index is 12.1. The molecule has 0 aliphatic carbocycles. The molecule has 0 fully saturated rings. The van der Waals surface area contributed by atoms with Crippen molar-refractivity contribution in [3.05, 3.63) is 56.7 Å². The fourth-order valence-corrected chi connectivity index (χ4v) is 3.82. The van der Waals surface area contributed by atoms with Crippen molar-refractivity contribution in [1.82, 2.24) is 16.0 Å². The molecule has 1 heterocycles. The molecule has 0 aliphatic heterocycles. The van der Waals surface area contributed by atoms with Crippen molar-refractivity contribution in [2.75, 3.05) is 19.6 Å². The number of amides is 1. The summed E-state index contributed by atoms with van der Waals surface area (Å²) in [5, 5.41) is 9.96. The molecule has 2 rings (SSSR count). The number of nitrogens with one attached hydrogen (secondary N) is 3. The minimum Gasteiger partial charge on any atom is -0.357 e. The van der Waals surface area contributed by atoms with Gasteiger partial charge in [0.15, 0.2) is 5.96 Å². The minimum atomic E-state index is -0.185. The van der Waals surface area contributed by atoms with E-state index in [9.17, 15) is 4.79 Å². The maximum Gasteiger partial charge on any atom is 0.252 e. The first-order chi connectivity index (χ1) is 13.0. The number of thiophene rings is 1. The minimum absolute atomic E-state index is 0.185. The average molecular weight is 407 g/mol. The smallest absolute Gasteiger partial charge is 0.252 e. The van der Waals surface area contributed by atoms with Gasteiger partial charge in [0, 0.05) is 35.3 Å². The van der Waals surface area contributed by atoms with Gasteiger partial charge in [-0.1, -0.05) is 23.7 Å². The van der Waals surface area contributed by atoms with E-state index in [1.165, 1.54) is 9.75 Å². The third-order valence-corrected chi connectivity index (χ3v) is 5.17. The number of nitrogens with zero attached hydrogens (tertiary/aromatic N) is 1. The second-order valence-electron chi connectivity index (χ2n) is 6.26. The largest absolute Gasteiger partial charge is 0.357 e. The molecule has 1 aromatic heterocycles. The average Bonchev–Trinajstić information content (AvgIpc) is 3.03. The van der Waals surface area contributed by atoms with Gasteiger partial charge in [-0.05, 0) is 45.0 Å². The predicted molar refractivity (Wildman–Crippen MR) is 115 cm³/mol. The fraction of sp³-hybridized carbons (Fsp3) is 0.400. The summed E-state index contributed by atoms with van der Waals surface area (Å²) in [6, 6.07) is 11.6. The molecule has 27 heavy (non-hydrogen) atoms. The number of rotatable bonds is 8. The SMILES string of the molecule is CCNC(=NCCNC(=O)c1ccccc1Cl)NC(C)Cc1ccc(C)s1. The van der Waals surface area contributed by atoms with Crippen LogP contribution in [0.25, 0.3) is 0 Å². The number of aryl methyl sites for hydroxylation is 1. The van der Waals surface area contributed by atoms with Crippen LogP contribution in [0.4, 0.5) is 0 Å². The van der Waals surface area contributed by atoms with Gasteiger partial charge in [0.2, 0.25) is 0 Å². The van der Waals surface area contributed by atoms with Gasteiger partial charge in [-0.3, -0.25) is 9.79 Å². The highest BCUT2D eigenvalue weighted by Gasteiger charge is 2.09. The highest BCUT2D eigenvalue weighted by atomic mass is 35.5. The maximum atomic E-state index is 12.1. The van der Waals surface area contributed by atoms with E-state index in [1.54, 1.807) is 24.3 Å². The lowest BCUT2D eigenvalue weighted by molar-refractivity contribution is 0.0955. The van der Waals surface area contributed by atoms with E-state index in [4.69, 9.17) is 11.6 Å². The summed E-state index contributed by atoms with van der Waals surface area (Å²) in [5.41, 5.74) is 0.480. The van der Waals surface area contributed by atoms with Crippen LogP contribution in [0.5, 0.6) is 0 Å². The summed E-state index contributed by atoms with van der Waals surface area (Å²) in [7, 11) is 0. The van der Waals surface area contributed by atoms with E-state index in [1.807, 2.05) is 18.3 Å². The number of halogens is 1. The predicted octanol–water partition coefficient (Wildman–Crippen LogP) is 3.63. The molecule has 1 aromatic carbocycles. The third kappa shape index (κ3) is 7.23. The highest BCUT2D eigenvalue weighted by molar-refractivity contribution is 7.11. The van der Waals surface area contributed by atoms with Gasteiger partial charge < -0.3 is 16.0 Å². The topological polar surface area (TPSA) is 65.5 Å². The molecule has 3 N–H and O–H groups in total. The molecule has 5 nitrogen and oxygen atoms in total. The summed E-state index contributed by atoms with van der Waals surface area (Å²) in [6.07, 6.45) is 0.951. The molecule has 1 unspecified atom stereocenters. The van der Waals surface area contributed by atoms with Crippen LogP contribution in [-0.2, 0) is 6.42 Å². The molecular formula is C20H27ClN4OS. The van der Waals surface area contributed by atoms with Crippen molar-refractivity contribution in [2.24, 2.45) is 4.99 Å². The van der Waals surface area contributed by atoms with E-state index >= 15 is 0 Å². The van der Waals surface area contributed by atoms with E-state index < -0.39 is 0 Å². The number of hydrogen-bond donors (Lipinski definition) is 3. The summed E-state index contributed by atoms with van der Waals surface area (Å²) in [6.45, 7) is 8.00. The second-order valence-corrected chi connectivity index (χ2v) is 8.04. The number of hydrogen-bond acceptors (Lipinski definition) is 3. The monoisotopic (exact) mass is 406 g/mol. The van der Waals surface area contributed by atoms with Crippen LogP contribution in [0, 0.1) is 6.92 Å². The first-order valence-corrected chi connectivity index (χ1v) is 10.3. The molecule has 2 aromatic rings. The Morgan fingerprint density at radius 3 is 2.67 bits per heavy atom. The Bertz CT molecular complexity index is 775. The molecule has 0 aliphatic rings. The molecule has 1 amide bonds. The Labute approximate surface area is 170 Å². The molecule has 0 saturated heterocycles. The van der Waals surface area contributed by atoms with E-state index in [2.05, 4.69) is 46.9 Å². The van der Waals surface area contributed by atoms with E-state index in [0.29, 0.717) is 23.7 Å². The van der Waals surface area contributed by atoms with Gasteiger partial charge in [-0.2, -0.15) is 0 Å². The number of carbonyl (C=O) groups excluding carboxylic acids is 1.